The summed E-state index contributed by atoms with van der Waals surface area (Å²) in [5.74, 6) is -1.91. The van der Waals surface area contributed by atoms with Crippen LogP contribution >= 0.6 is 0 Å². The summed E-state index contributed by atoms with van der Waals surface area (Å²) in [7, 11) is 0. The number of ether oxygens (including phenoxy) is 2. The van der Waals surface area contributed by atoms with Crippen molar-refractivity contribution < 1.29 is 29.0 Å². The van der Waals surface area contributed by atoms with Crippen molar-refractivity contribution in [1.82, 2.24) is 30.5 Å². The van der Waals surface area contributed by atoms with Gasteiger partial charge in [-0.15, -0.1) is 0 Å². The average molecular weight is 440 g/mol. The lowest BCUT2D eigenvalue weighted by molar-refractivity contribution is -0.139. The van der Waals surface area contributed by atoms with Gasteiger partial charge in [0.1, 0.15) is 25.8 Å². The fourth-order valence-corrected chi connectivity index (χ4v) is 2.55. The number of alkyl carbamates (subject to hydrolysis) is 1. The number of amides is 1. The molecule has 0 saturated carbocycles. The van der Waals surface area contributed by atoms with Gasteiger partial charge in [-0.1, -0.05) is 46.6 Å². The van der Waals surface area contributed by atoms with E-state index in [2.05, 4.69) is 25.7 Å². The smallest absolute Gasteiger partial charge is 0.408 e. The molecule has 12 nitrogen and oxygen atoms in total. The van der Waals surface area contributed by atoms with Gasteiger partial charge in [0.15, 0.2) is 5.78 Å². The maximum atomic E-state index is 12.5. The standard InChI is InChI=1S/C20H20N6O6/c27-17(11-26-24-19(23-25-26)31-13-15-8-4-5-9-21-15)16(10-18(28)29)22-20(30)32-12-14-6-2-1-3-7-14/h1-9,16H,10-13H2,(H,22,30)(H,28,29). The third-order valence-electron chi connectivity index (χ3n) is 4.08. The fraction of sp³-hybridized carbons (Fsp3) is 0.250. The highest BCUT2D eigenvalue weighted by molar-refractivity contribution is 5.90. The van der Waals surface area contributed by atoms with Crippen LogP contribution in [0.15, 0.2) is 54.7 Å². The normalized spacial score (nSPS) is 11.4. The van der Waals surface area contributed by atoms with E-state index >= 15 is 0 Å². The average Bonchev–Trinajstić information content (AvgIpc) is 3.24. The van der Waals surface area contributed by atoms with Crippen LogP contribution in [0.25, 0.3) is 0 Å². The number of pyridine rings is 1. The van der Waals surface area contributed by atoms with Crippen LogP contribution in [0.4, 0.5) is 4.79 Å². The number of benzene rings is 1. The SMILES string of the molecule is O=C(O)CC(NC(=O)OCc1ccccc1)C(=O)Cn1nnc(OCc2ccccn2)n1. The number of carboxylic acids is 1. The van der Waals surface area contributed by atoms with E-state index in [1.54, 1.807) is 48.7 Å². The van der Waals surface area contributed by atoms with Crippen molar-refractivity contribution in [3.8, 4) is 6.01 Å². The molecule has 1 atom stereocenters. The van der Waals surface area contributed by atoms with E-state index in [4.69, 9.17) is 14.6 Å². The van der Waals surface area contributed by atoms with Gasteiger partial charge >= 0.3 is 18.1 Å². The molecule has 2 aromatic heterocycles. The molecule has 0 aliphatic carbocycles. The number of hydrogen-bond donors (Lipinski definition) is 2. The lowest BCUT2D eigenvalue weighted by atomic mass is 10.1. The number of Topliss-reactive ketones (excluding diaryl/α,β-unsaturated/α-hetero) is 1. The second kappa shape index (κ2) is 11.2. The number of aromatic nitrogens is 5. The van der Waals surface area contributed by atoms with Gasteiger partial charge in [0, 0.05) is 6.20 Å². The molecule has 0 fully saturated rings. The zero-order chi connectivity index (χ0) is 22.8. The lowest BCUT2D eigenvalue weighted by Gasteiger charge is -2.15. The number of carbonyl (C=O) groups excluding carboxylic acids is 2. The van der Waals surface area contributed by atoms with Gasteiger partial charge < -0.3 is 19.9 Å². The minimum atomic E-state index is -1.33. The quantitative estimate of drug-likeness (QED) is 0.440. The summed E-state index contributed by atoms with van der Waals surface area (Å²) in [5, 5.41) is 22.7. The van der Waals surface area contributed by atoms with Crippen LogP contribution in [-0.2, 0) is 34.1 Å². The molecule has 12 heteroatoms. The second-order valence-corrected chi connectivity index (χ2v) is 6.53. The van der Waals surface area contributed by atoms with Crippen molar-refractivity contribution in [2.75, 3.05) is 0 Å². The molecular formula is C20H20N6O6. The highest BCUT2D eigenvalue weighted by atomic mass is 16.5. The minimum Gasteiger partial charge on any atom is -0.481 e. The number of aliphatic carboxylic acids is 1. The van der Waals surface area contributed by atoms with Crippen LogP contribution in [0.2, 0.25) is 0 Å². The van der Waals surface area contributed by atoms with E-state index < -0.39 is 36.9 Å². The van der Waals surface area contributed by atoms with E-state index in [9.17, 15) is 14.4 Å². The Kier molecular flexibility index (Phi) is 7.79. The predicted molar refractivity (Wildman–Crippen MR) is 107 cm³/mol. The number of nitrogens with zero attached hydrogens (tertiary/aromatic N) is 5. The Morgan fingerprint density at radius 2 is 1.84 bits per heavy atom. The summed E-state index contributed by atoms with van der Waals surface area (Å²) in [6.07, 6.45) is 0.0680. The molecule has 0 saturated heterocycles. The Balaban J connectivity index is 1.53. The van der Waals surface area contributed by atoms with Crippen LogP contribution in [0.5, 0.6) is 6.01 Å². The number of rotatable bonds is 11. The van der Waals surface area contributed by atoms with Crippen molar-refractivity contribution in [2.45, 2.75) is 32.2 Å². The van der Waals surface area contributed by atoms with E-state index in [0.717, 1.165) is 10.4 Å². The predicted octanol–water partition coefficient (Wildman–Crippen LogP) is 0.986. The van der Waals surface area contributed by atoms with E-state index in [1.807, 2.05) is 6.07 Å². The van der Waals surface area contributed by atoms with Crippen molar-refractivity contribution >= 4 is 17.8 Å². The Morgan fingerprint density at radius 3 is 2.56 bits per heavy atom. The van der Waals surface area contributed by atoms with Crippen molar-refractivity contribution in [1.29, 1.82) is 0 Å². The Hall–Kier alpha value is -4.35. The van der Waals surface area contributed by atoms with Crippen LogP contribution < -0.4 is 10.1 Å². The molecule has 1 unspecified atom stereocenters. The van der Waals surface area contributed by atoms with Gasteiger partial charge in [-0.2, -0.15) is 4.80 Å². The highest BCUT2D eigenvalue weighted by Crippen LogP contribution is 2.05. The Morgan fingerprint density at radius 1 is 1.06 bits per heavy atom. The van der Waals surface area contributed by atoms with Crippen LogP contribution in [0, 0.1) is 0 Å². The third kappa shape index (κ3) is 7.16. The topological polar surface area (TPSA) is 158 Å². The first-order valence-corrected chi connectivity index (χ1v) is 9.52. The van der Waals surface area contributed by atoms with Gasteiger partial charge in [-0.25, -0.2) is 4.79 Å². The molecule has 2 N–H and O–H groups in total. The lowest BCUT2D eigenvalue weighted by Crippen LogP contribution is -2.44. The van der Waals surface area contributed by atoms with Crippen LogP contribution in [0.1, 0.15) is 17.7 Å². The zero-order valence-corrected chi connectivity index (χ0v) is 16.8. The van der Waals surface area contributed by atoms with E-state index in [1.165, 1.54) is 0 Å². The molecule has 3 aromatic rings. The maximum Gasteiger partial charge on any atom is 0.408 e. The summed E-state index contributed by atoms with van der Waals surface area (Å²) in [6, 6.07) is 12.8. The van der Waals surface area contributed by atoms with Crippen LogP contribution in [-0.4, -0.2) is 54.2 Å². The first-order chi connectivity index (χ1) is 15.5. The number of tetrazole rings is 1. The first-order valence-electron chi connectivity index (χ1n) is 9.52. The molecule has 0 aliphatic heterocycles. The van der Waals surface area contributed by atoms with Gasteiger partial charge in [0.05, 0.1) is 12.1 Å². The molecule has 0 spiro atoms. The van der Waals surface area contributed by atoms with Gasteiger partial charge in [0.25, 0.3) is 0 Å². The summed E-state index contributed by atoms with van der Waals surface area (Å²) in [5.41, 5.74) is 1.40. The Labute approximate surface area is 182 Å². The zero-order valence-electron chi connectivity index (χ0n) is 16.8. The molecule has 1 amide bonds. The second-order valence-electron chi connectivity index (χ2n) is 6.53. The number of carboxylic acid groups (broad SMARTS) is 1. The van der Waals surface area contributed by atoms with Crippen molar-refractivity contribution in [3.05, 3.63) is 66.0 Å². The Bertz CT molecular complexity index is 1040. The molecule has 3 rings (SSSR count). The minimum absolute atomic E-state index is 0.0255. The van der Waals surface area contributed by atoms with E-state index in [0.29, 0.717) is 5.69 Å². The van der Waals surface area contributed by atoms with Crippen LogP contribution in [0.3, 0.4) is 0 Å². The third-order valence-corrected chi connectivity index (χ3v) is 4.08. The molecule has 32 heavy (non-hydrogen) atoms. The van der Waals surface area contributed by atoms with E-state index in [-0.39, 0.29) is 19.2 Å². The number of hydrogen-bond acceptors (Lipinski definition) is 9. The molecule has 1 aromatic carbocycles. The molecule has 0 radical (unpaired) electrons. The van der Waals surface area contributed by atoms with Gasteiger partial charge in [0.2, 0.25) is 0 Å². The largest absolute Gasteiger partial charge is 0.481 e. The number of nitrogens with one attached hydrogen (secondary N) is 1. The summed E-state index contributed by atoms with van der Waals surface area (Å²) < 4.78 is 10.4. The summed E-state index contributed by atoms with van der Waals surface area (Å²) >= 11 is 0. The molecule has 2 heterocycles. The molecule has 0 aliphatic rings. The van der Waals surface area contributed by atoms with Crippen molar-refractivity contribution in [3.63, 3.8) is 0 Å². The molecular weight excluding hydrogens is 420 g/mol. The summed E-state index contributed by atoms with van der Waals surface area (Å²) in [4.78, 5) is 40.7. The number of carbonyl (C=O) groups is 3. The number of ketones is 1. The van der Waals surface area contributed by atoms with Crippen molar-refractivity contribution in [2.24, 2.45) is 0 Å². The molecule has 0 bridgehead atoms. The fourth-order valence-electron chi connectivity index (χ4n) is 2.55. The monoisotopic (exact) mass is 440 g/mol. The maximum absolute atomic E-state index is 12.5. The van der Waals surface area contributed by atoms with Gasteiger partial charge in [-0.05, 0) is 22.9 Å². The first kappa shape index (κ1) is 22.3. The van der Waals surface area contributed by atoms with Gasteiger partial charge in [-0.3, -0.25) is 14.6 Å². The summed E-state index contributed by atoms with van der Waals surface area (Å²) in [6.45, 7) is -0.337. The highest BCUT2D eigenvalue weighted by Gasteiger charge is 2.25. The molecule has 166 valence electrons.